The van der Waals surface area contributed by atoms with Gasteiger partial charge in [0.15, 0.2) is 0 Å². The predicted octanol–water partition coefficient (Wildman–Crippen LogP) is 3.37. The summed E-state index contributed by atoms with van der Waals surface area (Å²) in [7, 11) is 0. The van der Waals surface area contributed by atoms with Gasteiger partial charge in [0.2, 0.25) is 5.91 Å². The first-order valence-electron chi connectivity index (χ1n) is 7.99. The number of carbonyl (C=O) groups excluding carboxylic acids is 1. The van der Waals surface area contributed by atoms with E-state index in [4.69, 9.17) is 0 Å². The van der Waals surface area contributed by atoms with Gasteiger partial charge in [-0.25, -0.2) is 4.98 Å². The second kappa shape index (κ2) is 6.52. The molecule has 1 atom stereocenters. The molecule has 0 unspecified atom stereocenters. The number of carbonyl (C=O) groups is 1. The Morgan fingerprint density at radius 3 is 3.04 bits per heavy atom. The third-order valence-corrected chi connectivity index (χ3v) is 5.10. The Balaban J connectivity index is 1.49. The van der Waals surface area contributed by atoms with Crippen LogP contribution in [0.1, 0.15) is 18.5 Å². The molecule has 0 radical (unpaired) electrons. The third kappa shape index (κ3) is 2.94. The smallest absolute Gasteiger partial charge is 0.243 e. The van der Waals surface area contributed by atoms with Crippen molar-refractivity contribution >= 4 is 28.3 Å². The number of nitrogens with zero attached hydrogens (tertiary/aromatic N) is 3. The minimum Gasteiger partial charge on any atom is -0.350 e. The maximum absolute atomic E-state index is 12.6. The Kier molecular flexibility index (Phi) is 4.07. The lowest BCUT2D eigenvalue weighted by Gasteiger charge is -2.14. The second-order valence-electron chi connectivity index (χ2n) is 5.78. The van der Waals surface area contributed by atoms with Crippen molar-refractivity contribution in [1.82, 2.24) is 25.1 Å². The highest BCUT2D eigenvalue weighted by atomic mass is 32.1. The number of hydrogen-bond donors (Lipinski definition) is 2. The summed E-state index contributed by atoms with van der Waals surface area (Å²) in [6, 6.07) is 11.5. The zero-order chi connectivity index (χ0) is 17.2. The highest BCUT2D eigenvalue weighted by Crippen LogP contribution is 2.25. The summed E-state index contributed by atoms with van der Waals surface area (Å²) in [6.45, 7) is 2.30. The van der Waals surface area contributed by atoms with E-state index in [0.717, 1.165) is 27.2 Å². The number of thiophene rings is 1. The molecule has 0 fully saturated rings. The van der Waals surface area contributed by atoms with Crippen molar-refractivity contribution in [2.24, 2.45) is 0 Å². The number of para-hydroxylation sites is 2. The molecule has 3 aromatic heterocycles. The lowest BCUT2D eigenvalue weighted by atomic mass is 10.2. The summed E-state index contributed by atoms with van der Waals surface area (Å²) in [4.78, 5) is 18.0. The molecule has 6 nitrogen and oxygen atoms in total. The van der Waals surface area contributed by atoms with Gasteiger partial charge in [-0.3, -0.25) is 9.89 Å². The van der Waals surface area contributed by atoms with Gasteiger partial charge in [0.1, 0.15) is 6.04 Å². The van der Waals surface area contributed by atoms with Gasteiger partial charge in [-0.2, -0.15) is 5.10 Å². The van der Waals surface area contributed by atoms with Crippen LogP contribution in [0, 0.1) is 0 Å². The number of imidazole rings is 1. The molecule has 4 rings (SSSR count). The van der Waals surface area contributed by atoms with E-state index in [1.54, 1.807) is 23.9 Å². The first-order chi connectivity index (χ1) is 12.2. The number of amides is 1. The molecule has 0 bridgehead atoms. The van der Waals surface area contributed by atoms with Crippen LogP contribution in [-0.4, -0.2) is 25.7 Å². The van der Waals surface area contributed by atoms with Crippen LogP contribution in [0.2, 0.25) is 0 Å². The van der Waals surface area contributed by atoms with E-state index in [1.165, 1.54) is 0 Å². The van der Waals surface area contributed by atoms with Crippen molar-refractivity contribution in [3.8, 4) is 10.6 Å². The average Bonchev–Trinajstić information content (AvgIpc) is 3.38. The highest BCUT2D eigenvalue weighted by Gasteiger charge is 2.18. The molecule has 25 heavy (non-hydrogen) atoms. The first kappa shape index (κ1) is 15.6. The molecule has 1 amide bonds. The van der Waals surface area contributed by atoms with Crippen LogP contribution >= 0.6 is 11.3 Å². The Morgan fingerprint density at radius 1 is 1.32 bits per heavy atom. The van der Waals surface area contributed by atoms with E-state index >= 15 is 0 Å². The van der Waals surface area contributed by atoms with Gasteiger partial charge in [-0.05, 0) is 30.5 Å². The van der Waals surface area contributed by atoms with E-state index in [-0.39, 0.29) is 11.9 Å². The average molecular weight is 351 g/mol. The van der Waals surface area contributed by atoms with Crippen LogP contribution < -0.4 is 5.32 Å². The molecule has 3 heterocycles. The molecule has 1 aromatic carbocycles. The molecule has 2 N–H and O–H groups in total. The van der Waals surface area contributed by atoms with E-state index in [9.17, 15) is 4.79 Å². The number of rotatable bonds is 5. The van der Waals surface area contributed by atoms with Gasteiger partial charge in [-0.15, -0.1) is 11.3 Å². The molecular weight excluding hydrogens is 334 g/mol. The van der Waals surface area contributed by atoms with Crippen molar-refractivity contribution < 1.29 is 4.79 Å². The van der Waals surface area contributed by atoms with Crippen LogP contribution in [0.15, 0.2) is 54.3 Å². The largest absolute Gasteiger partial charge is 0.350 e. The monoisotopic (exact) mass is 351 g/mol. The fourth-order valence-electron chi connectivity index (χ4n) is 2.82. The van der Waals surface area contributed by atoms with Gasteiger partial charge in [0, 0.05) is 12.1 Å². The third-order valence-electron chi connectivity index (χ3n) is 4.22. The van der Waals surface area contributed by atoms with E-state index in [2.05, 4.69) is 20.5 Å². The first-order valence-corrected chi connectivity index (χ1v) is 8.87. The second-order valence-corrected chi connectivity index (χ2v) is 6.73. The molecule has 0 saturated carbocycles. The van der Waals surface area contributed by atoms with Crippen molar-refractivity contribution in [2.75, 3.05) is 0 Å². The molecule has 7 heteroatoms. The van der Waals surface area contributed by atoms with Crippen molar-refractivity contribution in [3.05, 3.63) is 59.9 Å². The Hall–Kier alpha value is -2.93. The number of benzene rings is 1. The molecule has 4 aromatic rings. The maximum Gasteiger partial charge on any atom is 0.243 e. The van der Waals surface area contributed by atoms with Crippen LogP contribution in [0.5, 0.6) is 0 Å². The number of aromatic nitrogens is 4. The number of hydrogen-bond acceptors (Lipinski definition) is 4. The Morgan fingerprint density at radius 2 is 2.20 bits per heavy atom. The van der Waals surface area contributed by atoms with Gasteiger partial charge >= 0.3 is 0 Å². The minimum atomic E-state index is -0.343. The molecule has 0 aliphatic rings. The van der Waals surface area contributed by atoms with Crippen molar-refractivity contribution in [3.63, 3.8) is 0 Å². The maximum atomic E-state index is 12.6. The summed E-state index contributed by atoms with van der Waals surface area (Å²) >= 11 is 1.64. The minimum absolute atomic E-state index is 0.0542. The van der Waals surface area contributed by atoms with E-state index in [0.29, 0.717) is 6.54 Å². The van der Waals surface area contributed by atoms with E-state index < -0.39 is 0 Å². The Labute approximate surface area is 148 Å². The Bertz CT molecular complexity index is 1000. The van der Waals surface area contributed by atoms with Gasteiger partial charge in [0.25, 0.3) is 0 Å². The summed E-state index contributed by atoms with van der Waals surface area (Å²) in [5.41, 5.74) is 3.76. The summed E-state index contributed by atoms with van der Waals surface area (Å²) in [5, 5.41) is 12.1. The quantitative estimate of drug-likeness (QED) is 0.579. The van der Waals surface area contributed by atoms with Crippen LogP contribution in [-0.2, 0) is 11.3 Å². The number of aromatic amines is 1. The standard InChI is InChI=1S/C18H17N5OS/c1-12(23-11-20-14-5-2-3-6-15(14)23)18(24)19-9-13-10-21-22-17(13)16-7-4-8-25-16/h2-8,10-12H,9H2,1H3,(H,19,24)(H,21,22)/t12-/m1/s1. The van der Waals surface area contributed by atoms with E-state index in [1.807, 2.05) is 53.3 Å². The molecule has 0 aliphatic carbocycles. The SMILES string of the molecule is C[C@H](C(=O)NCc1cn[nH]c1-c1cccs1)n1cnc2ccccc21. The van der Waals surface area contributed by atoms with Crippen molar-refractivity contribution in [1.29, 1.82) is 0 Å². The predicted molar refractivity (Wildman–Crippen MR) is 98.2 cm³/mol. The highest BCUT2D eigenvalue weighted by molar-refractivity contribution is 7.13. The van der Waals surface area contributed by atoms with Gasteiger partial charge in [0.05, 0.1) is 34.1 Å². The number of H-pyrrole nitrogens is 1. The van der Waals surface area contributed by atoms with Crippen LogP contribution in [0.4, 0.5) is 0 Å². The lowest BCUT2D eigenvalue weighted by Crippen LogP contribution is -2.30. The normalized spacial score (nSPS) is 12.4. The fraction of sp³-hybridized carbons (Fsp3) is 0.167. The number of nitrogens with one attached hydrogen (secondary N) is 2. The zero-order valence-electron chi connectivity index (χ0n) is 13.6. The summed E-state index contributed by atoms with van der Waals surface area (Å²) in [5.74, 6) is -0.0542. The topological polar surface area (TPSA) is 75.6 Å². The number of fused-ring (bicyclic) bond motifs is 1. The fourth-order valence-corrected chi connectivity index (χ4v) is 3.58. The van der Waals surface area contributed by atoms with Crippen molar-refractivity contribution in [2.45, 2.75) is 19.5 Å². The van der Waals surface area contributed by atoms with Gasteiger partial charge < -0.3 is 9.88 Å². The molecular formula is C18H17N5OS. The zero-order valence-corrected chi connectivity index (χ0v) is 14.5. The van der Waals surface area contributed by atoms with Crippen LogP contribution in [0.25, 0.3) is 21.6 Å². The van der Waals surface area contributed by atoms with Gasteiger partial charge in [-0.1, -0.05) is 18.2 Å². The van der Waals surface area contributed by atoms with Crippen LogP contribution in [0.3, 0.4) is 0 Å². The molecule has 0 spiro atoms. The molecule has 126 valence electrons. The summed E-state index contributed by atoms with van der Waals surface area (Å²) in [6.07, 6.45) is 3.47. The summed E-state index contributed by atoms with van der Waals surface area (Å²) < 4.78 is 1.89. The lowest BCUT2D eigenvalue weighted by molar-refractivity contribution is -0.123. The molecule has 0 saturated heterocycles. The molecule has 0 aliphatic heterocycles.